The number of nitro benzene ring substituents is 1. The van der Waals surface area contributed by atoms with Crippen molar-refractivity contribution in [3.8, 4) is 0 Å². The van der Waals surface area contributed by atoms with Gasteiger partial charge in [-0.25, -0.2) is 0 Å². The lowest BCUT2D eigenvalue weighted by Gasteiger charge is -2.14. The summed E-state index contributed by atoms with van der Waals surface area (Å²) in [6, 6.07) is 16.8. The Morgan fingerprint density at radius 1 is 1.14 bits per heavy atom. The Labute approximate surface area is 127 Å². The summed E-state index contributed by atoms with van der Waals surface area (Å²) in [6.07, 6.45) is 0.0556. The van der Waals surface area contributed by atoms with Crippen molar-refractivity contribution >= 4 is 11.4 Å². The summed E-state index contributed by atoms with van der Waals surface area (Å²) in [5.41, 5.74) is 3.02. The first kappa shape index (κ1) is 13.0. The molecule has 1 aliphatic carbocycles. The largest absolute Gasteiger partial charge is 0.391 e. The zero-order chi connectivity index (χ0) is 15.3. The van der Waals surface area contributed by atoms with E-state index in [1.54, 1.807) is 12.1 Å². The Morgan fingerprint density at radius 2 is 1.82 bits per heavy atom. The molecule has 2 aromatic rings. The van der Waals surface area contributed by atoms with E-state index in [0.717, 1.165) is 11.3 Å². The summed E-state index contributed by atoms with van der Waals surface area (Å²) in [4.78, 5) is 15.9. The van der Waals surface area contributed by atoms with Gasteiger partial charge in [-0.3, -0.25) is 10.1 Å². The van der Waals surface area contributed by atoms with Crippen LogP contribution in [-0.4, -0.2) is 16.7 Å². The second kappa shape index (κ2) is 4.40. The van der Waals surface area contributed by atoms with Crippen LogP contribution in [0.1, 0.15) is 18.1 Å². The molecule has 5 nitrogen and oxygen atoms in total. The van der Waals surface area contributed by atoms with Crippen molar-refractivity contribution < 1.29 is 9.76 Å². The molecule has 22 heavy (non-hydrogen) atoms. The molecule has 0 aromatic heterocycles. The van der Waals surface area contributed by atoms with E-state index in [1.807, 2.05) is 18.2 Å². The molecule has 110 valence electrons. The molecule has 1 aliphatic heterocycles. The molecule has 2 aromatic carbocycles. The average Bonchev–Trinajstić information content (AvgIpc) is 2.94. The maximum Gasteiger partial charge on any atom is 0.269 e. The van der Waals surface area contributed by atoms with E-state index < -0.39 is 4.92 Å². The predicted molar refractivity (Wildman–Crippen MR) is 81.8 cm³/mol. The molecule has 0 unspecified atom stereocenters. The van der Waals surface area contributed by atoms with Gasteiger partial charge in [-0.05, 0) is 17.7 Å². The van der Waals surface area contributed by atoms with E-state index in [9.17, 15) is 10.1 Å². The van der Waals surface area contributed by atoms with Crippen molar-refractivity contribution in [2.75, 3.05) is 0 Å². The fourth-order valence-corrected chi connectivity index (χ4v) is 3.37. The van der Waals surface area contributed by atoms with Crippen LogP contribution < -0.4 is 0 Å². The quantitative estimate of drug-likeness (QED) is 0.644. The monoisotopic (exact) mass is 294 g/mol. The van der Waals surface area contributed by atoms with E-state index in [-0.39, 0.29) is 23.1 Å². The zero-order valence-electron chi connectivity index (χ0n) is 12.0. The summed E-state index contributed by atoms with van der Waals surface area (Å²) in [7, 11) is 0. The van der Waals surface area contributed by atoms with Crippen LogP contribution in [0, 0.1) is 16.0 Å². The van der Waals surface area contributed by atoms with Crippen LogP contribution in [-0.2, 0) is 10.3 Å². The SMILES string of the molecule is C[C@]1(c2ccccc2)[C@H]2ON=C(c3ccc([N+](=O)[O-])cc3)[C@@H]21. The fourth-order valence-electron chi connectivity index (χ4n) is 3.37. The second-order valence-electron chi connectivity index (χ2n) is 5.93. The summed E-state index contributed by atoms with van der Waals surface area (Å²) in [6.45, 7) is 2.18. The van der Waals surface area contributed by atoms with Crippen molar-refractivity contribution in [3.63, 3.8) is 0 Å². The highest BCUT2D eigenvalue weighted by molar-refractivity contribution is 6.07. The number of non-ortho nitro benzene ring substituents is 1. The molecular weight excluding hydrogens is 280 g/mol. The first-order valence-electron chi connectivity index (χ1n) is 7.16. The van der Waals surface area contributed by atoms with E-state index in [0.29, 0.717) is 0 Å². The molecule has 0 N–H and O–H groups in total. The lowest BCUT2D eigenvalue weighted by Crippen LogP contribution is -2.15. The van der Waals surface area contributed by atoms with Crippen molar-refractivity contribution in [2.24, 2.45) is 11.1 Å². The summed E-state index contributed by atoms with van der Waals surface area (Å²) in [5, 5.41) is 14.9. The minimum absolute atomic E-state index is 0.0556. The van der Waals surface area contributed by atoms with Crippen molar-refractivity contribution in [1.82, 2.24) is 0 Å². The van der Waals surface area contributed by atoms with E-state index >= 15 is 0 Å². The third kappa shape index (κ3) is 1.68. The maximum absolute atomic E-state index is 10.7. The molecule has 2 aliphatic rings. The van der Waals surface area contributed by atoms with Crippen LogP contribution >= 0.6 is 0 Å². The molecule has 0 amide bonds. The summed E-state index contributed by atoms with van der Waals surface area (Å²) >= 11 is 0. The molecule has 0 radical (unpaired) electrons. The van der Waals surface area contributed by atoms with Crippen LogP contribution in [0.4, 0.5) is 5.69 Å². The minimum Gasteiger partial charge on any atom is -0.391 e. The minimum atomic E-state index is -0.398. The van der Waals surface area contributed by atoms with E-state index in [4.69, 9.17) is 4.84 Å². The molecule has 1 heterocycles. The number of rotatable bonds is 3. The maximum atomic E-state index is 10.7. The number of hydrogen-bond acceptors (Lipinski definition) is 4. The predicted octanol–water partition coefficient (Wildman–Crippen LogP) is 3.29. The lowest BCUT2D eigenvalue weighted by molar-refractivity contribution is -0.384. The van der Waals surface area contributed by atoms with E-state index in [2.05, 4.69) is 24.2 Å². The summed E-state index contributed by atoms with van der Waals surface area (Å²) < 4.78 is 0. The third-order valence-electron chi connectivity index (χ3n) is 4.76. The average molecular weight is 294 g/mol. The first-order valence-corrected chi connectivity index (χ1v) is 7.16. The molecule has 0 bridgehead atoms. The summed E-state index contributed by atoms with van der Waals surface area (Å²) in [5.74, 6) is 0.205. The van der Waals surface area contributed by atoms with Gasteiger partial charge in [-0.1, -0.05) is 42.4 Å². The fraction of sp³-hybridized carbons (Fsp3) is 0.235. The van der Waals surface area contributed by atoms with Gasteiger partial charge in [-0.2, -0.15) is 0 Å². The Balaban J connectivity index is 1.64. The van der Waals surface area contributed by atoms with Gasteiger partial charge in [-0.15, -0.1) is 0 Å². The third-order valence-corrected chi connectivity index (χ3v) is 4.76. The highest BCUT2D eigenvalue weighted by Gasteiger charge is 2.70. The van der Waals surface area contributed by atoms with Gasteiger partial charge in [0.25, 0.3) is 5.69 Å². The van der Waals surface area contributed by atoms with Crippen LogP contribution in [0.15, 0.2) is 59.8 Å². The van der Waals surface area contributed by atoms with Crippen LogP contribution in [0.3, 0.4) is 0 Å². The number of fused-ring (bicyclic) bond motifs is 1. The molecule has 1 fully saturated rings. The van der Waals surface area contributed by atoms with Crippen molar-refractivity contribution in [2.45, 2.75) is 18.4 Å². The Morgan fingerprint density at radius 3 is 2.45 bits per heavy atom. The zero-order valence-corrected chi connectivity index (χ0v) is 12.0. The van der Waals surface area contributed by atoms with Gasteiger partial charge < -0.3 is 4.84 Å². The van der Waals surface area contributed by atoms with Gasteiger partial charge in [0.15, 0.2) is 0 Å². The Kier molecular flexibility index (Phi) is 2.60. The van der Waals surface area contributed by atoms with Crippen molar-refractivity contribution in [1.29, 1.82) is 0 Å². The number of benzene rings is 2. The molecule has 0 spiro atoms. The molecule has 0 saturated heterocycles. The standard InChI is InChI=1S/C17H14N2O3/c1-17(12-5-3-2-4-6-12)14-15(18-22-16(14)17)11-7-9-13(10-8-11)19(20)21/h2-10,14,16H,1H3/t14-,16-,17+/m0/s1. The topological polar surface area (TPSA) is 64.7 Å². The lowest BCUT2D eigenvalue weighted by atomic mass is 9.92. The second-order valence-corrected chi connectivity index (χ2v) is 5.93. The van der Waals surface area contributed by atoms with Gasteiger partial charge in [0.1, 0.15) is 6.10 Å². The Hall–Kier alpha value is -2.69. The van der Waals surface area contributed by atoms with Gasteiger partial charge in [0, 0.05) is 23.1 Å². The number of nitrogens with zero attached hydrogens (tertiary/aromatic N) is 2. The van der Waals surface area contributed by atoms with Crippen LogP contribution in [0.2, 0.25) is 0 Å². The highest BCUT2D eigenvalue weighted by atomic mass is 16.7. The number of oxime groups is 1. The van der Waals surface area contributed by atoms with Gasteiger partial charge in [0.2, 0.25) is 0 Å². The molecule has 5 heteroatoms. The highest BCUT2D eigenvalue weighted by Crippen LogP contribution is 2.60. The van der Waals surface area contributed by atoms with Gasteiger partial charge in [0.05, 0.1) is 16.6 Å². The number of nitro groups is 1. The normalized spacial score (nSPS) is 28.5. The first-order chi connectivity index (χ1) is 10.6. The molecule has 4 rings (SSSR count). The molecule has 3 atom stereocenters. The molecular formula is C17H14N2O3. The Bertz CT molecular complexity index is 770. The smallest absolute Gasteiger partial charge is 0.269 e. The molecule has 1 saturated carbocycles. The van der Waals surface area contributed by atoms with Crippen LogP contribution in [0.25, 0.3) is 0 Å². The van der Waals surface area contributed by atoms with Crippen molar-refractivity contribution in [3.05, 3.63) is 75.8 Å². The van der Waals surface area contributed by atoms with Gasteiger partial charge >= 0.3 is 0 Å². The van der Waals surface area contributed by atoms with E-state index in [1.165, 1.54) is 17.7 Å². The van der Waals surface area contributed by atoms with Crippen LogP contribution in [0.5, 0.6) is 0 Å². The number of hydrogen-bond donors (Lipinski definition) is 0.